The number of aromatic nitrogens is 4. The number of hydrogen-bond acceptors (Lipinski definition) is 5. The molecule has 1 N–H and O–H groups in total. The Morgan fingerprint density at radius 3 is 2.95 bits per heavy atom. The van der Waals surface area contributed by atoms with E-state index in [1.807, 2.05) is 30.4 Å². The van der Waals surface area contributed by atoms with Gasteiger partial charge in [0.15, 0.2) is 0 Å². The number of pyridine rings is 1. The van der Waals surface area contributed by atoms with Crippen molar-refractivity contribution >= 4 is 22.2 Å². The van der Waals surface area contributed by atoms with Gasteiger partial charge in [-0.05, 0) is 25.5 Å². The smallest absolute Gasteiger partial charge is 0.263 e. The first-order chi connectivity index (χ1) is 9.66. The molecule has 3 aromatic rings. The summed E-state index contributed by atoms with van der Waals surface area (Å²) in [6.45, 7) is 4.24. The monoisotopic (exact) mass is 287 g/mol. The van der Waals surface area contributed by atoms with Crippen molar-refractivity contribution in [1.29, 1.82) is 0 Å². The molecular formula is C13H13N5OS. The van der Waals surface area contributed by atoms with Crippen LogP contribution >= 0.6 is 11.3 Å². The van der Waals surface area contributed by atoms with Crippen LogP contribution in [0.1, 0.15) is 26.8 Å². The van der Waals surface area contributed by atoms with Crippen LogP contribution in [0.2, 0.25) is 0 Å². The zero-order chi connectivity index (χ0) is 14.1. The number of thiazole rings is 1. The van der Waals surface area contributed by atoms with E-state index in [1.165, 1.54) is 11.3 Å². The molecule has 3 aromatic heterocycles. The Morgan fingerprint density at radius 1 is 1.40 bits per heavy atom. The van der Waals surface area contributed by atoms with Crippen molar-refractivity contribution in [2.75, 3.05) is 0 Å². The topological polar surface area (TPSA) is 72.2 Å². The summed E-state index contributed by atoms with van der Waals surface area (Å²) in [5.74, 6) is 0.696. The van der Waals surface area contributed by atoms with Crippen LogP contribution in [0.25, 0.3) is 4.96 Å². The molecule has 7 heteroatoms. The highest BCUT2D eigenvalue weighted by molar-refractivity contribution is 7.19. The second-order valence-corrected chi connectivity index (χ2v) is 5.40. The number of nitrogens with one attached hydrogen (secondary N) is 1. The summed E-state index contributed by atoms with van der Waals surface area (Å²) in [5, 5.41) is 10.9. The molecule has 3 rings (SSSR count). The van der Waals surface area contributed by atoms with Gasteiger partial charge in [-0.15, -0.1) is 10.2 Å². The Hall–Kier alpha value is -2.28. The van der Waals surface area contributed by atoms with Crippen molar-refractivity contribution in [3.63, 3.8) is 0 Å². The minimum Gasteiger partial charge on any atom is -0.347 e. The molecule has 0 fully saturated rings. The summed E-state index contributed by atoms with van der Waals surface area (Å²) in [5.41, 5.74) is 1.84. The first kappa shape index (κ1) is 12.7. The molecule has 0 aliphatic carbocycles. The SMILES string of the molecule is Cc1nnc2sc(C(=O)NCc3cccnc3)c(C)n12. The molecule has 6 nitrogen and oxygen atoms in total. The molecule has 0 bridgehead atoms. The van der Waals surface area contributed by atoms with E-state index in [0.717, 1.165) is 22.0 Å². The van der Waals surface area contributed by atoms with Gasteiger partial charge >= 0.3 is 0 Å². The van der Waals surface area contributed by atoms with Gasteiger partial charge in [0.2, 0.25) is 4.96 Å². The third kappa shape index (κ3) is 2.16. The van der Waals surface area contributed by atoms with Gasteiger partial charge in [0.25, 0.3) is 5.91 Å². The maximum Gasteiger partial charge on any atom is 0.263 e. The number of amides is 1. The average Bonchev–Trinajstić information content (AvgIpc) is 2.99. The highest BCUT2D eigenvalue weighted by Crippen LogP contribution is 2.22. The van der Waals surface area contributed by atoms with Crippen LogP contribution in [0.4, 0.5) is 0 Å². The Morgan fingerprint density at radius 2 is 2.25 bits per heavy atom. The van der Waals surface area contributed by atoms with Crippen LogP contribution in [0.3, 0.4) is 0 Å². The van der Waals surface area contributed by atoms with Crippen molar-refractivity contribution < 1.29 is 4.79 Å². The molecule has 0 aromatic carbocycles. The van der Waals surface area contributed by atoms with Gasteiger partial charge in [-0.3, -0.25) is 14.2 Å². The van der Waals surface area contributed by atoms with Crippen LogP contribution in [-0.4, -0.2) is 25.5 Å². The third-order valence-corrected chi connectivity index (χ3v) is 4.17. The fourth-order valence-electron chi connectivity index (χ4n) is 2.04. The number of hydrogen-bond donors (Lipinski definition) is 1. The van der Waals surface area contributed by atoms with Gasteiger partial charge in [0.1, 0.15) is 10.7 Å². The molecule has 20 heavy (non-hydrogen) atoms. The fourth-order valence-corrected chi connectivity index (χ4v) is 3.07. The van der Waals surface area contributed by atoms with Gasteiger partial charge in [-0.25, -0.2) is 0 Å². The lowest BCUT2D eigenvalue weighted by molar-refractivity contribution is 0.0954. The second-order valence-electron chi connectivity index (χ2n) is 4.43. The Balaban J connectivity index is 1.80. The lowest BCUT2D eigenvalue weighted by atomic mass is 10.3. The van der Waals surface area contributed by atoms with Gasteiger partial charge < -0.3 is 5.32 Å². The normalized spacial score (nSPS) is 10.9. The van der Waals surface area contributed by atoms with Crippen molar-refractivity contribution in [1.82, 2.24) is 24.9 Å². The van der Waals surface area contributed by atoms with Crippen LogP contribution < -0.4 is 5.32 Å². The summed E-state index contributed by atoms with van der Waals surface area (Å²) >= 11 is 1.35. The second kappa shape index (κ2) is 5.01. The lowest BCUT2D eigenvalue weighted by Gasteiger charge is -2.04. The molecule has 3 heterocycles. The molecule has 0 unspecified atom stereocenters. The number of aryl methyl sites for hydroxylation is 2. The average molecular weight is 287 g/mol. The maximum absolute atomic E-state index is 12.2. The first-order valence-corrected chi connectivity index (χ1v) is 6.96. The number of fused-ring (bicyclic) bond motifs is 1. The minimum absolute atomic E-state index is 0.0961. The van der Waals surface area contributed by atoms with Crippen LogP contribution in [-0.2, 0) is 6.54 Å². The Bertz CT molecular complexity index is 762. The predicted molar refractivity (Wildman–Crippen MR) is 75.7 cm³/mol. The van der Waals surface area contributed by atoms with Gasteiger partial charge in [-0.1, -0.05) is 17.4 Å². The van der Waals surface area contributed by atoms with Crippen LogP contribution in [0, 0.1) is 13.8 Å². The maximum atomic E-state index is 12.2. The van der Waals surface area contributed by atoms with Crippen LogP contribution in [0.15, 0.2) is 24.5 Å². The molecule has 0 saturated carbocycles. The van der Waals surface area contributed by atoms with Crippen LogP contribution in [0.5, 0.6) is 0 Å². The van der Waals surface area contributed by atoms with Gasteiger partial charge in [-0.2, -0.15) is 0 Å². The number of nitrogens with zero attached hydrogens (tertiary/aromatic N) is 4. The molecule has 0 radical (unpaired) electrons. The highest BCUT2D eigenvalue weighted by atomic mass is 32.1. The lowest BCUT2D eigenvalue weighted by Crippen LogP contribution is -2.22. The van der Waals surface area contributed by atoms with Gasteiger partial charge in [0, 0.05) is 24.6 Å². The molecule has 102 valence electrons. The zero-order valence-electron chi connectivity index (χ0n) is 11.1. The van der Waals surface area contributed by atoms with E-state index in [4.69, 9.17) is 0 Å². The van der Waals surface area contributed by atoms with Crippen molar-refractivity contribution in [2.45, 2.75) is 20.4 Å². The minimum atomic E-state index is -0.0961. The summed E-state index contributed by atoms with van der Waals surface area (Å²) in [6.07, 6.45) is 3.45. The van der Waals surface area contributed by atoms with Crippen molar-refractivity contribution in [3.8, 4) is 0 Å². The van der Waals surface area contributed by atoms with Crippen molar-refractivity contribution in [3.05, 3.63) is 46.5 Å². The summed E-state index contributed by atoms with van der Waals surface area (Å²) in [7, 11) is 0. The first-order valence-electron chi connectivity index (χ1n) is 6.15. The van der Waals surface area contributed by atoms with E-state index in [0.29, 0.717) is 11.4 Å². The molecular weight excluding hydrogens is 274 g/mol. The van der Waals surface area contributed by atoms with E-state index in [2.05, 4.69) is 20.5 Å². The quantitative estimate of drug-likeness (QED) is 0.796. The van der Waals surface area contributed by atoms with E-state index >= 15 is 0 Å². The summed E-state index contributed by atoms with van der Waals surface area (Å²) in [6, 6.07) is 3.77. The van der Waals surface area contributed by atoms with E-state index in [9.17, 15) is 4.79 Å². The number of carbonyl (C=O) groups is 1. The standard InChI is InChI=1S/C13H13N5OS/c1-8-11(20-13-17-16-9(2)18(8)13)12(19)15-7-10-4-3-5-14-6-10/h3-6H,7H2,1-2H3,(H,15,19). The van der Waals surface area contributed by atoms with E-state index in [-0.39, 0.29) is 5.91 Å². The highest BCUT2D eigenvalue weighted by Gasteiger charge is 2.18. The zero-order valence-corrected chi connectivity index (χ0v) is 11.9. The Kier molecular flexibility index (Phi) is 3.19. The molecule has 0 saturated heterocycles. The van der Waals surface area contributed by atoms with Crippen molar-refractivity contribution in [2.24, 2.45) is 0 Å². The predicted octanol–water partition coefficient (Wildman–Crippen LogP) is 1.73. The molecule has 0 spiro atoms. The largest absolute Gasteiger partial charge is 0.347 e. The third-order valence-electron chi connectivity index (χ3n) is 3.03. The van der Waals surface area contributed by atoms with Gasteiger partial charge in [0.05, 0.1) is 0 Å². The molecule has 1 amide bonds. The molecule has 0 atom stereocenters. The van der Waals surface area contributed by atoms with E-state index < -0.39 is 0 Å². The number of carbonyl (C=O) groups excluding carboxylic acids is 1. The van der Waals surface area contributed by atoms with E-state index in [1.54, 1.807) is 12.4 Å². The molecule has 0 aliphatic rings. The fraction of sp³-hybridized carbons (Fsp3) is 0.231. The summed E-state index contributed by atoms with van der Waals surface area (Å²) < 4.78 is 1.89. The summed E-state index contributed by atoms with van der Waals surface area (Å²) in [4.78, 5) is 17.7. The molecule has 0 aliphatic heterocycles. The number of rotatable bonds is 3. The Labute approximate surface area is 119 Å².